The average Bonchev–Trinajstić information content (AvgIpc) is 2.61. The van der Waals surface area contributed by atoms with Gasteiger partial charge in [-0.15, -0.1) is 24.0 Å². The molecule has 1 fully saturated rings. The Labute approximate surface area is 174 Å². The van der Waals surface area contributed by atoms with Crippen molar-refractivity contribution in [1.82, 2.24) is 9.80 Å². The average molecular weight is 476 g/mol. The van der Waals surface area contributed by atoms with Crippen LogP contribution in [0.4, 0.5) is 0 Å². The number of likely N-dealkylation sites (N-methyl/N-ethyl adjacent to an activating group) is 1. The molecule has 1 aromatic carbocycles. The van der Waals surface area contributed by atoms with Gasteiger partial charge in [0, 0.05) is 13.1 Å². The van der Waals surface area contributed by atoms with E-state index in [1.807, 2.05) is 12.1 Å². The second kappa shape index (κ2) is 10.8. The Morgan fingerprint density at radius 3 is 2.58 bits per heavy atom. The number of likely N-dealkylation sites (tertiary alicyclic amines) is 1. The maximum Gasteiger partial charge on any atom is 0.191 e. The van der Waals surface area contributed by atoms with Gasteiger partial charge < -0.3 is 25.0 Å². The van der Waals surface area contributed by atoms with Crippen molar-refractivity contribution in [2.24, 2.45) is 16.6 Å². The van der Waals surface area contributed by atoms with Crippen molar-refractivity contribution in [3.63, 3.8) is 0 Å². The molecule has 0 amide bonds. The van der Waals surface area contributed by atoms with Gasteiger partial charge in [-0.1, -0.05) is 13.0 Å². The maximum atomic E-state index is 6.25. The van der Waals surface area contributed by atoms with Crippen LogP contribution in [0, 0.1) is 5.92 Å². The first-order chi connectivity index (χ1) is 12.0. The molecular formula is C19H33IN4O2. The molecule has 2 unspecified atom stereocenters. The van der Waals surface area contributed by atoms with E-state index in [4.69, 9.17) is 15.2 Å². The summed E-state index contributed by atoms with van der Waals surface area (Å²) in [6.45, 7) is 4.88. The number of ether oxygens (including phenoxy) is 2. The van der Waals surface area contributed by atoms with Crippen molar-refractivity contribution in [3.05, 3.63) is 23.8 Å². The maximum absolute atomic E-state index is 6.25. The van der Waals surface area contributed by atoms with E-state index in [9.17, 15) is 0 Å². The van der Waals surface area contributed by atoms with Crippen molar-refractivity contribution in [2.45, 2.75) is 25.8 Å². The smallest absolute Gasteiger partial charge is 0.191 e. The van der Waals surface area contributed by atoms with Gasteiger partial charge in [-0.05, 0) is 50.6 Å². The monoisotopic (exact) mass is 476 g/mol. The molecule has 1 aromatic rings. The molecule has 148 valence electrons. The summed E-state index contributed by atoms with van der Waals surface area (Å²) in [4.78, 5) is 9.04. The number of piperidine rings is 1. The van der Waals surface area contributed by atoms with E-state index >= 15 is 0 Å². The molecule has 1 saturated heterocycles. The van der Waals surface area contributed by atoms with Gasteiger partial charge >= 0.3 is 0 Å². The minimum Gasteiger partial charge on any atom is -0.493 e. The molecular weight excluding hydrogens is 443 g/mol. The number of nitrogens with zero attached hydrogens (tertiary/aromatic N) is 3. The lowest BCUT2D eigenvalue weighted by atomic mass is 10.0. The molecule has 0 radical (unpaired) electrons. The van der Waals surface area contributed by atoms with Crippen LogP contribution in [0.5, 0.6) is 11.5 Å². The highest BCUT2D eigenvalue weighted by molar-refractivity contribution is 14.0. The Hall–Kier alpha value is -1.22. The molecule has 1 aliphatic rings. The molecule has 7 heteroatoms. The van der Waals surface area contributed by atoms with E-state index in [0.29, 0.717) is 18.4 Å². The SMILES string of the molecule is COc1ccc(C(CN=C(N)N2CCCC(C)C2)N(C)C)cc1OC.I. The lowest BCUT2D eigenvalue weighted by molar-refractivity contribution is 0.267. The number of nitrogens with two attached hydrogens (primary N) is 1. The van der Waals surface area contributed by atoms with Crippen molar-refractivity contribution < 1.29 is 9.47 Å². The van der Waals surface area contributed by atoms with Gasteiger partial charge in [0.2, 0.25) is 0 Å². The van der Waals surface area contributed by atoms with Gasteiger partial charge in [0.05, 0.1) is 26.8 Å². The Kier molecular flexibility index (Phi) is 9.49. The molecule has 0 aromatic heterocycles. The molecule has 1 aliphatic heterocycles. The lowest BCUT2D eigenvalue weighted by Crippen LogP contribution is -2.43. The highest BCUT2D eigenvalue weighted by Gasteiger charge is 2.20. The Balaban J connectivity index is 0.00000338. The minimum atomic E-state index is 0. The van der Waals surface area contributed by atoms with Crippen LogP contribution in [0.2, 0.25) is 0 Å². The number of aliphatic imine (C=N–C) groups is 1. The number of guanidine groups is 1. The zero-order valence-corrected chi connectivity index (χ0v) is 18.9. The van der Waals surface area contributed by atoms with Crippen LogP contribution in [0.3, 0.4) is 0 Å². The zero-order valence-electron chi connectivity index (χ0n) is 16.6. The molecule has 0 bridgehead atoms. The highest BCUT2D eigenvalue weighted by atomic mass is 127. The fraction of sp³-hybridized carbons (Fsp3) is 0.632. The number of benzene rings is 1. The van der Waals surface area contributed by atoms with E-state index in [2.05, 4.69) is 41.9 Å². The highest BCUT2D eigenvalue weighted by Crippen LogP contribution is 2.31. The van der Waals surface area contributed by atoms with Crippen LogP contribution in [0.25, 0.3) is 0 Å². The number of halogens is 1. The predicted octanol–water partition coefficient (Wildman–Crippen LogP) is 2.97. The number of hydrogen-bond acceptors (Lipinski definition) is 4. The van der Waals surface area contributed by atoms with Gasteiger partial charge in [-0.2, -0.15) is 0 Å². The summed E-state index contributed by atoms with van der Waals surface area (Å²) in [5, 5.41) is 0. The van der Waals surface area contributed by atoms with E-state index < -0.39 is 0 Å². The molecule has 2 atom stereocenters. The Morgan fingerprint density at radius 1 is 1.31 bits per heavy atom. The largest absolute Gasteiger partial charge is 0.493 e. The predicted molar refractivity (Wildman–Crippen MR) is 118 cm³/mol. The van der Waals surface area contributed by atoms with Gasteiger partial charge in [0.25, 0.3) is 0 Å². The van der Waals surface area contributed by atoms with Gasteiger partial charge in [0.1, 0.15) is 0 Å². The summed E-state index contributed by atoms with van der Waals surface area (Å²) < 4.78 is 10.8. The van der Waals surface area contributed by atoms with Crippen LogP contribution in [-0.2, 0) is 0 Å². The standard InChI is InChI=1S/C19H32N4O2.HI/c1-14-7-6-10-23(13-14)19(20)21-12-16(22(2)3)15-8-9-17(24-4)18(11-15)25-5;/h8-9,11,14,16H,6-7,10,12-13H2,1-5H3,(H2,20,21);1H. The summed E-state index contributed by atoms with van der Waals surface area (Å²) in [5.41, 5.74) is 7.38. The minimum absolute atomic E-state index is 0. The van der Waals surface area contributed by atoms with Crippen molar-refractivity contribution >= 4 is 29.9 Å². The summed E-state index contributed by atoms with van der Waals surface area (Å²) in [7, 11) is 7.40. The van der Waals surface area contributed by atoms with E-state index in [1.54, 1.807) is 14.2 Å². The van der Waals surface area contributed by atoms with Crippen LogP contribution in [0.15, 0.2) is 23.2 Å². The molecule has 0 saturated carbocycles. The normalized spacial score (nSPS) is 19.1. The second-order valence-electron chi connectivity index (χ2n) is 6.99. The third kappa shape index (κ3) is 5.90. The van der Waals surface area contributed by atoms with E-state index in [-0.39, 0.29) is 30.0 Å². The number of hydrogen-bond donors (Lipinski definition) is 1. The molecule has 2 N–H and O–H groups in total. The van der Waals surface area contributed by atoms with Crippen LogP contribution in [-0.4, -0.2) is 63.7 Å². The number of methoxy groups -OCH3 is 2. The van der Waals surface area contributed by atoms with E-state index in [0.717, 1.165) is 30.2 Å². The fourth-order valence-corrected chi connectivity index (χ4v) is 3.30. The first-order valence-electron chi connectivity index (χ1n) is 8.89. The summed E-state index contributed by atoms with van der Waals surface area (Å²) >= 11 is 0. The van der Waals surface area contributed by atoms with Crippen LogP contribution < -0.4 is 15.2 Å². The Morgan fingerprint density at radius 2 is 2.00 bits per heavy atom. The topological polar surface area (TPSA) is 63.3 Å². The molecule has 0 spiro atoms. The van der Waals surface area contributed by atoms with Gasteiger partial charge in [-0.25, -0.2) is 0 Å². The number of rotatable bonds is 6. The molecule has 6 nitrogen and oxygen atoms in total. The summed E-state index contributed by atoms with van der Waals surface area (Å²) in [6, 6.07) is 6.13. The van der Waals surface area contributed by atoms with Crippen molar-refractivity contribution in [2.75, 3.05) is 47.9 Å². The quantitative estimate of drug-likeness (QED) is 0.389. The van der Waals surface area contributed by atoms with Crippen LogP contribution in [0.1, 0.15) is 31.4 Å². The zero-order chi connectivity index (χ0) is 18.4. The first kappa shape index (κ1) is 22.8. The van der Waals surface area contributed by atoms with Crippen LogP contribution >= 0.6 is 24.0 Å². The molecule has 1 heterocycles. The fourth-order valence-electron chi connectivity index (χ4n) is 3.30. The van der Waals surface area contributed by atoms with Crippen molar-refractivity contribution in [1.29, 1.82) is 0 Å². The van der Waals surface area contributed by atoms with E-state index in [1.165, 1.54) is 12.8 Å². The third-order valence-electron chi connectivity index (χ3n) is 4.82. The molecule has 2 rings (SSSR count). The summed E-state index contributed by atoms with van der Waals surface area (Å²) in [5.74, 6) is 2.79. The van der Waals surface area contributed by atoms with Gasteiger partial charge in [0.15, 0.2) is 17.5 Å². The molecule has 0 aliphatic carbocycles. The van der Waals surface area contributed by atoms with Crippen molar-refractivity contribution in [3.8, 4) is 11.5 Å². The first-order valence-corrected chi connectivity index (χ1v) is 8.89. The lowest BCUT2D eigenvalue weighted by Gasteiger charge is -2.32. The summed E-state index contributed by atoms with van der Waals surface area (Å²) in [6.07, 6.45) is 2.46. The third-order valence-corrected chi connectivity index (χ3v) is 4.82. The molecule has 26 heavy (non-hydrogen) atoms. The Bertz CT molecular complexity index is 595. The second-order valence-corrected chi connectivity index (χ2v) is 6.99. The van der Waals surface area contributed by atoms with Gasteiger partial charge in [-0.3, -0.25) is 4.99 Å².